The molecule has 28 heavy (non-hydrogen) atoms. The second kappa shape index (κ2) is 6.43. The highest BCUT2D eigenvalue weighted by atomic mass is 19.4. The number of pyridine rings is 1. The molecule has 0 saturated carbocycles. The van der Waals surface area contributed by atoms with Crippen molar-refractivity contribution in [2.75, 3.05) is 31.1 Å². The standard InChI is InChI=1S/C17H13F6N5/c18-12-6-13-9(5-11(12)16(19,20)17(21,22)23)10-7-25-8-26-14(10)15(27-13)28-3-1-24-2-4-28/h5-8,24H,1-4H2. The Kier molecular flexibility index (Phi) is 4.29. The van der Waals surface area contributed by atoms with Crippen LogP contribution in [0, 0.1) is 5.82 Å². The Morgan fingerprint density at radius 2 is 1.71 bits per heavy atom. The van der Waals surface area contributed by atoms with Gasteiger partial charge in [0.2, 0.25) is 0 Å². The molecule has 3 heterocycles. The Labute approximate surface area is 154 Å². The number of nitrogens with one attached hydrogen (secondary N) is 1. The van der Waals surface area contributed by atoms with Crippen LogP contribution in [0.15, 0.2) is 24.7 Å². The summed E-state index contributed by atoms with van der Waals surface area (Å²) >= 11 is 0. The van der Waals surface area contributed by atoms with Crippen LogP contribution in [0.5, 0.6) is 0 Å². The summed E-state index contributed by atoms with van der Waals surface area (Å²) in [5.74, 6) is -6.62. The normalized spacial score (nSPS) is 16.1. The first-order valence-corrected chi connectivity index (χ1v) is 8.34. The molecule has 1 aliphatic heterocycles. The molecule has 4 rings (SSSR count). The molecule has 1 N–H and O–H groups in total. The Bertz CT molecular complexity index is 1050. The molecule has 0 atom stereocenters. The monoisotopic (exact) mass is 401 g/mol. The minimum absolute atomic E-state index is 0.0462. The molecule has 1 fully saturated rings. The SMILES string of the molecule is Fc1cc2nc(N3CCNCC3)c3ncncc3c2cc1C(F)(F)C(F)(F)F. The maximum absolute atomic E-state index is 14.2. The quantitative estimate of drug-likeness (QED) is 0.527. The van der Waals surface area contributed by atoms with Crippen LogP contribution in [0.4, 0.5) is 32.2 Å². The minimum atomic E-state index is -5.93. The van der Waals surface area contributed by atoms with Gasteiger partial charge < -0.3 is 10.2 Å². The van der Waals surface area contributed by atoms with Gasteiger partial charge >= 0.3 is 12.1 Å². The zero-order valence-electron chi connectivity index (χ0n) is 14.2. The van der Waals surface area contributed by atoms with Gasteiger partial charge in [-0.05, 0) is 6.07 Å². The van der Waals surface area contributed by atoms with Crippen LogP contribution >= 0.6 is 0 Å². The van der Waals surface area contributed by atoms with Crippen molar-refractivity contribution in [2.45, 2.75) is 12.1 Å². The van der Waals surface area contributed by atoms with E-state index in [9.17, 15) is 26.3 Å². The van der Waals surface area contributed by atoms with Crippen molar-refractivity contribution >= 4 is 27.6 Å². The summed E-state index contributed by atoms with van der Waals surface area (Å²) in [6.07, 6.45) is -3.40. The van der Waals surface area contributed by atoms with Crippen molar-refractivity contribution in [3.63, 3.8) is 0 Å². The summed E-state index contributed by atoms with van der Waals surface area (Å²) in [6, 6.07) is 1.08. The Morgan fingerprint density at radius 3 is 2.39 bits per heavy atom. The lowest BCUT2D eigenvalue weighted by Gasteiger charge is -2.29. The first-order valence-electron chi connectivity index (χ1n) is 8.34. The van der Waals surface area contributed by atoms with Gasteiger partial charge in [-0.3, -0.25) is 0 Å². The van der Waals surface area contributed by atoms with Crippen molar-refractivity contribution in [2.24, 2.45) is 0 Å². The maximum atomic E-state index is 14.2. The third-order valence-corrected chi connectivity index (χ3v) is 4.64. The van der Waals surface area contributed by atoms with Crippen molar-refractivity contribution in [3.05, 3.63) is 36.0 Å². The summed E-state index contributed by atoms with van der Waals surface area (Å²) in [7, 11) is 0. The van der Waals surface area contributed by atoms with Gasteiger partial charge in [-0.2, -0.15) is 22.0 Å². The molecule has 0 bridgehead atoms. The van der Waals surface area contributed by atoms with E-state index in [4.69, 9.17) is 0 Å². The lowest BCUT2D eigenvalue weighted by molar-refractivity contribution is -0.290. The fourth-order valence-corrected chi connectivity index (χ4v) is 3.23. The molecule has 1 saturated heterocycles. The van der Waals surface area contributed by atoms with Crippen LogP contribution in [-0.4, -0.2) is 47.3 Å². The molecule has 0 amide bonds. The fraction of sp³-hybridized carbons (Fsp3) is 0.353. The molecule has 3 aromatic rings. The maximum Gasteiger partial charge on any atom is 0.458 e. The van der Waals surface area contributed by atoms with E-state index in [1.165, 1.54) is 12.5 Å². The first kappa shape index (κ1) is 18.7. The van der Waals surface area contributed by atoms with E-state index in [-0.39, 0.29) is 16.3 Å². The minimum Gasteiger partial charge on any atom is -0.352 e. The molecule has 2 aromatic heterocycles. The zero-order valence-corrected chi connectivity index (χ0v) is 14.2. The molecule has 0 radical (unpaired) electrons. The Morgan fingerprint density at radius 1 is 1.00 bits per heavy atom. The number of nitrogens with zero attached hydrogens (tertiary/aromatic N) is 4. The summed E-state index contributed by atoms with van der Waals surface area (Å²) in [5, 5.41) is 3.31. The van der Waals surface area contributed by atoms with Crippen LogP contribution < -0.4 is 10.2 Å². The van der Waals surface area contributed by atoms with E-state index in [2.05, 4.69) is 20.3 Å². The van der Waals surface area contributed by atoms with Crippen molar-refractivity contribution in [3.8, 4) is 0 Å². The van der Waals surface area contributed by atoms with Crippen molar-refractivity contribution in [1.29, 1.82) is 0 Å². The number of hydrogen-bond donors (Lipinski definition) is 1. The lowest BCUT2D eigenvalue weighted by atomic mass is 10.0. The molecule has 5 nitrogen and oxygen atoms in total. The van der Waals surface area contributed by atoms with Gasteiger partial charge in [0.05, 0.1) is 11.1 Å². The van der Waals surface area contributed by atoms with Crippen LogP contribution in [0.1, 0.15) is 5.56 Å². The number of fused-ring (bicyclic) bond motifs is 3. The Balaban J connectivity index is 1.99. The molecular formula is C17H13F6N5. The second-order valence-electron chi connectivity index (χ2n) is 6.38. The molecule has 148 valence electrons. The van der Waals surface area contributed by atoms with Gasteiger partial charge in [-0.1, -0.05) is 0 Å². The molecule has 1 aliphatic rings. The number of halogens is 6. The summed E-state index contributed by atoms with van der Waals surface area (Å²) in [6.45, 7) is 2.53. The topological polar surface area (TPSA) is 53.9 Å². The summed E-state index contributed by atoms with van der Waals surface area (Å²) < 4.78 is 80.1. The molecule has 1 aromatic carbocycles. The smallest absolute Gasteiger partial charge is 0.352 e. The molecule has 0 unspecified atom stereocenters. The van der Waals surface area contributed by atoms with Crippen LogP contribution in [0.3, 0.4) is 0 Å². The van der Waals surface area contributed by atoms with E-state index in [0.29, 0.717) is 49.6 Å². The van der Waals surface area contributed by atoms with E-state index >= 15 is 0 Å². The third-order valence-electron chi connectivity index (χ3n) is 4.64. The highest BCUT2D eigenvalue weighted by Crippen LogP contribution is 2.46. The van der Waals surface area contributed by atoms with Crippen LogP contribution in [0.25, 0.3) is 21.8 Å². The second-order valence-corrected chi connectivity index (χ2v) is 6.38. The first-order chi connectivity index (χ1) is 13.2. The van der Waals surface area contributed by atoms with Crippen molar-refractivity contribution in [1.82, 2.24) is 20.3 Å². The van der Waals surface area contributed by atoms with Crippen molar-refractivity contribution < 1.29 is 26.3 Å². The van der Waals surface area contributed by atoms with Gasteiger partial charge in [0.1, 0.15) is 17.7 Å². The predicted octanol–water partition coefficient (Wildman–Crippen LogP) is 3.38. The lowest BCUT2D eigenvalue weighted by Crippen LogP contribution is -2.44. The van der Waals surface area contributed by atoms with Crippen LogP contribution in [0.2, 0.25) is 0 Å². The molecule has 0 aliphatic carbocycles. The van der Waals surface area contributed by atoms with E-state index < -0.39 is 23.5 Å². The largest absolute Gasteiger partial charge is 0.458 e. The van der Waals surface area contributed by atoms with E-state index in [1.807, 2.05) is 4.90 Å². The molecule has 0 spiro atoms. The highest BCUT2D eigenvalue weighted by molar-refractivity contribution is 6.08. The number of anilines is 1. The van der Waals surface area contributed by atoms with Gasteiger partial charge in [0.25, 0.3) is 0 Å². The average Bonchev–Trinajstić information content (AvgIpc) is 2.66. The molecular weight excluding hydrogens is 388 g/mol. The van der Waals surface area contributed by atoms with Gasteiger partial charge in [0.15, 0.2) is 5.82 Å². The number of alkyl halides is 5. The van der Waals surface area contributed by atoms with Gasteiger partial charge in [-0.25, -0.2) is 19.3 Å². The third kappa shape index (κ3) is 2.89. The Hall–Kier alpha value is -2.69. The summed E-state index contributed by atoms with van der Waals surface area (Å²) in [4.78, 5) is 14.2. The van der Waals surface area contributed by atoms with Crippen LogP contribution in [-0.2, 0) is 5.92 Å². The van der Waals surface area contributed by atoms with E-state index in [1.54, 1.807) is 0 Å². The van der Waals surface area contributed by atoms with Gasteiger partial charge in [0, 0.05) is 49.2 Å². The number of aromatic nitrogens is 3. The average molecular weight is 401 g/mol. The van der Waals surface area contributed by atoms with E-state index in [0.717, 1.165) is 0 Å². The van der Waals surface area contributed by atoms with Gasteiger partial charge in [-0.15, -0.1) is 0 Å². The number of rotatable bonds is 2. The zero-order chi connectivity index (χ0) is 20.1. The number of piperazine rings is 1. The fourth-order valence-electron chi connectivity index (χ4n) is 3.23. The number of benzene rings is 1. The number of hydrogen-bond acceptors (Lipinski definition) is 5. The highest BCUT2D eigenvalue weighted by Gasteiger charge is 2.60. The molecule has 11 heteroatoms. The summed E-state index contributed by atoms with van der Waals surface area (Å²) in [5.41, 5.74) is -1.50. The predicted molar refractivity (Wildman–Crippen MR) is 89.8 cm³/mol.